The number of allylic oxidation sites excluding steroid dienone is 1. The lowest BCUT2D eigenvalue weighted by Gasteiger charge is -2.13. The monoisotopic (exact) mass is 434 g/mol. The number of halogens is 1. The predicted molar refractivity (Wildman–Crippen MR) is 120 cm³/mol. The lowest BCUT2D eigenvalue weighted by atomic mass is 10.0. The van der Waals surface area contributed by atoms with Crippen molar-refractivity contribution in [2.45, 2.75) is 13.5 Å². The van der Waals surface area contributed by atoms with Gasteiger partial charge in [-0.25, -0.2) is 0 Å². The number of nitro groups is 1. The van der Waals surface area contributed by atoms with E-state index in [2.05, 4.69) is 6.07 Å². The Bertz CT molecular complexity index is 1150. The van der Waals surface area contributed by atoms with Gasteiger partial charge in [0.05, 0.1) is 23.2 Å². The molecule has 0 amide bonds. The standard InChI is InChI=1S/C24H19ClN2O4/c1-2-30-24-13-18(12-20(15-26)19-4-3-5-21(25)14-19)8-11-23(24)31-16-17-6-9-22(10-7-17)27(28)29/h3-14H,2,16H2,1H3/b20-12-. The van der Waals surface area contributed by atoms with Gasteiger partial charge in [0.25, 0.3) is 5.69 Å². The summed E-state index contributed by atoms with van der Waals surface area (Å²) in [6.45, 7) is 2.55. The highest BCUT2D eigenvalue weighted by molar-refractivity contribution is 6.30. The Morgan fingerprint density at radius 1 is 1.10 bits per heavy atom. The summed E-state index contributed by atoms with van der Waals surface area (Å²) in [6, 6.07) is 20.9. The highest BCUT2D eigenvalue weighted by Crippen LogP contribution is 2.31. The fraction of sp³-hybridized carbons (Fsp3) is 0.125. The molecule has 0 aromatic heterocycles. The molecule has 31 heavy (non-hydrogen) atoms. The average Bonchev–Trinajstić information content (AvgIpc) is 2.77. The summed E-state index contributed by atoms with van der Waals surface area (Å²) in [6.07, 6.45) is 1.76. The first-order valence-electron chi connectivity index (χ1n) is 9.51. The molecule has 0 N–H and O–H groups in total. The molecule has 0 spiro atoms. The number of benzene rings is 3. The quantitative estimate of drug-likeness (QED) is 0.180. The number of nitrogens with zero attached hydrogens (tertiary/aromatic N) is 2. The van der Waals surface area contributed by atoms with Crippen LogP contribution in [0.25, 0.3) is 11.6 Å². The van der Waals surface area contributed by atoms with Crippen molar-refractivity contribution in [3.8, 4) is 17.6 Å². The van der Waals surface area contributed by atoms with Gasteiger partial charge in [0.2, 0.25) is 0 Å². The summed E-state index contributed by atoms with van der Waals surface area (Å²) < 4.78 is 11.6. The second kappa shape index (κ2) is 10.3. The first-order chi connectivity index (χ1) is 15.0. The lowest BCUT2D eigenvalue weighted by Crippen LogP contribution is -2.00. The van der Waals surface area contributed by atoms with Gasteiger partial charge in [-0.1, -0.05) is 29.8 Å². The largest absolute Gasteiger partial charge is 0.490 e. The zero-order valence-electron chi connectivity index (χ0n) is 16.7. The van der Waals surface area contributed by atoms with E-state index in [-0.39, 0.29) is 12.3 Å². The molecule has 156 valence electrons. The van der Waals surface area contributed by atoms with Crippen LogP contribution in [-0.4, -0.2) is 11.5 Å². The maximum Gasteiger partial charge on any atom is 0.269 e. The highest BCUT2D eigenvalue weighted by Gasteiger charge is 2.09. The van der Waals surface area contributed by atoms with Crippen LogP contribution in [0.4, 0.5) is 5.69 Å². The molecule has 0 aliphatic heterocycles. The molecule has 3 aromatic carbocycles. The highest BCUT2D eigenvalue weighted by atomic mass is 35.5. The summed E-state index contributed by atoms with van der Waals surface area (Å²) in [5.74, 6) is 1.08. The molecule has 7 heteroatoms. The molecule has 3 aromatic rings. The second-order valence-electron chi connectivity index (χ2n) is 6.53. The molecule has 0 atom stereocenters. The van der Waals surface area contributed by atoms with E-state index in [1.807, 2.05) is 19.1 Å². The molecular formula is C24H19ClN2O4. The topological polar surface area (TPSA) is 85.4 Å². The number of nitriles is 1. The van der Waals surface area contributed by atoms with E-state index in [1.54, 1.807) is 48.5 Å². The van der Waals surface area contributed by atoms with Gasteiger partial charge in [0.1, 0.15) is 6.61 Å². The molecule has 0 saturated heterocycles. The second-order valence-corrected chi connectivity index (χ2v) is 6.97. The van der Waals surface area contributed by atoms with Crippen molar-refractivity contribution in [3.63, 3.8) is 0 Å². The Balaban J connectivity index is 1.81. The van der Waals surface area contributed by atoms with Crippen LogP contribution in [0.15, 0.2) is 66.7 Å². The minimum atomic E-state index is -0.442. The minimum Gasteiger partial charge on any atom is -0.490 e. The predicted octanol–water partition coefficient (Wildman–Crippen LogP) is 6.29. The molecule has 0 aliphatic carbocycles. The maximum atomic E-state index is 10.8. The number of hydrogen-bond donors (Lipinski definition) is 0. The molecule has 3 rings (SSSR count). The van der Waals surface area contributed by atoms with Crippen LogP contribution >= 0.6 is 11.6 Å². The zero-order chi connectivity index (χ0) is 22.2. The molecule has 0 saturated carbocycles. The van der Waals surface area contributed by atoms with E-state index in [4.69, 9.17) is 21.1 Å². The molecule has 0 radical (unpaired) electrons. The third-order valence-electron chi connectivity index (χ3n) is 4.38. The van der Waals surface area contributed by atoms with Crippen LogP contribution < -0.4 is 9.47 Å². The Hall–Kier alpha value is -3.82. The number of nitro benzene ring substituents is 1. The molecule has 0 heterocycles. The van der Waals surface area contributed by atoms with Crippen molar-refractivity contribution in [1.82, 2.24) is 0 Å². The van der Waals surface area contributed by atoms with Crippen molar-refractivity contribution in [1.29, 1.82) is 5.26 Å². The SMILES string of the molecule is CCOc1cc(/C=C(/C#N)c2cccc(Cl)c2)ccc1OCc1ccc([N+](=O)[O-])cc1. The van der Waals surface area contributed by atoms with E-state index in [0.29, 0.717) is 28.7 Å². The Kier molecular flexibility index (Phi) is 7.26. The third kappa shape index (κ3) is 5.84. The van der Waals surface area contributed by atoms with Gasteiger partial charge in [-0.3, -0.25) is 10.1 Å². The Morgan fingerprint density at radius 3 is 2.52 bits per heavy atom. The van der Waals surface area contributed by atoms with Gasteiger partial charge in [0, 0.05) is 17.2 Å². The number of ether oxygens (including phenoxy) is 2. The van der Waals surface area contributed by atoms with E-state index < -0.39 is 4.92 Å². The van der Waals surface area contributed by atoms with Crippen molar-refractivity contribution >= 4 is 28.9 Å². The van der Waals surface area contributed by atoms with Gasteiger partial charge in [-0.05, 0) is 66.1 Å². The zero-order valence-corrected chi connectivity index (χ0v) is 17.5. The van der Waals surface area contributed by atoms with Gasteiger partial charge in [0.15, 0.2) is 11.5 Å². The van der Waals surface area contributed by atoms with Crippen molar-refractivity contribution < 1.29 is 14.4 Å². The molecule has 0 fully saturated rings. The molecule has 0 aliphatic rings. The summed E-state index contributed by atoms with van der Waals surface area (Å²) in [4.78, 5) is 10.3. The lowest BCUT2D eigenvalue weighted by molar-refractivity contribution is -0.384. The average molecular weight is 435 g/mol. The maximum absolute atomic E-state index is 10.8. The van der Waals surface area contributed by atoms with Gasteiger partial charge >= 0.3 is 0 Å². The summed E-state index contributed by atoms with van der Waals surface area (Å²) in [7, 11) is 0. The van der Waals surface area contributed by atoms with Crippen molar-refractivity contribution in [2.75, 3.05) is 6.61 Å². The van der Waals surface area contributed by atoms with Crippen molar-refractivity contribution in [3.05, 3.63) is 98.6 Å². The van der Waals surface area contributed by atoms with Crippen LogP contribution in [0.3, 0.4) is 0 Å². The van der Waals surface area contributed by atoms with E-state index in [9.17, 15) is 15.4 Å². The van der Waals surface area contributed by atoms with E-state index in [0.717, 1.165) is 16.7 Å². The van der Waals surface area contributed by atoms with Crippen LogP contribution in [0.2, 0.25) is 5.02 Å². The molecule has 6 nitrogen and oxygen atoms in total. The van der Waals surface area contributed by atoms with E-state index >= 15 is 0 Å². The molecule has 0 bridgehead atoms. The Morgan fingerprint density at radius 2 is 1.87 bits per heavy atom. The van der Waals surface area contributed by atoms with Gasteiger partial charge in [-0.2, -0.15) is 5.26 Å². The summed E-state index contributed by atoms with van der Waals surface area (Å²) in [5, 5.41) is 20.9. The first kappa shape index (κ1) is 21.9. The van der Waals surface area contributed by atoms with Crippen molar-refractivity contribution in [2.24, 2.45) is 0 Å². The summed E-state index contributed by atoms with van der Waals surface area (Å²) >= 11 is 6.04. The Labute approximate surface area is 185 Å². The van der Waals surface area contributed by atoms with Crippen LogP contribution in [0.5, 0.6) is 11.5 Å². The van der Waals surface area contributed by atoms with Crippen LogP contribution in [0, 0.1) is 21.4 Å². The summed E-state index contributed by atoms with van der Waals surface area (Å²) in [5.41, 5.74) is 2.81. The van der Waals surface area contributed by atoms with Gasteiger partial charge < -0.3 is 9.47 Å². The molecular weight excluding hydrogens is 416 g/mol. The first-order valence-corrected chi connectivity index (χ1v) is 9.88. The number of hydrogen-bond acceptors (Lipinski definition) is 5. The van der Waals surface area contributed by atoms with Crippen LogP contribution in [0.1, 0.15) is 23.6 Å². The minimum absolute atomic E-state index is 0.0305. The fourth-order valence-corrected chi connectivity index (χ4v) is 3.07. The normalized spacial score (nSPS) is 10.9. The third-order valence-corrected chi connectivity index (χ3v) is 4.61. The van der Waals surface area contributed by atoms with Gasteiger partial charge in [-0.15, -0.1) is 0 Å². The number of rotatable bonds is 8. The van der Waals surface area contributed by atoms with E-state index in [1.165, 1.54) is 12.1 Å². The smallest absolute Gasteiger partial charge is 0.269 e. The fourth-order valence-electron chi connectivity index (χ4n) is 2.88. The van der Waals surface area contributed by atoms with Crippen LogP contribution in [-0.2, 0) is 6.61 Å². The number of non-ortho nitro benzene ring substituents is 1. The molecule has 0 unspecified atom stereocenters.